The Bertz CT molecular complexity index is 1410. The Morgan fingerprint density at radius 3 is 2.31 bits per heavy atom. The highest BCUT2D eigenvalue weighted by Gasteiger charge is 2.28. The van der Waals surface area contributed by atoms with Crippen LogP contribution < -0.4 is 10.2 Å². The Labute approximate surface area is 249 Å². The van der Waals surface area contributed by atoms with Gasteiger partial charge in [0.1, 0.15) is 0 Å². The number of aromatic nitrogens is 1. The smallest absolute Gasteiger partial charge is 0.251 e. The van der Waals surface area contributed by atoms with Gasteiger partial charge in [0.2, 0.25) is 5.91 Å². The van der Waals surface area contributed by atoms with Crippen LogP contribution in [0.3, 0.4) is 0 Å². The van der Waals surface area contributed by atoms with Crippen molar-refractivity contribution >= 4 is 17.5 Å². The predicted molar refractivity (Wildman–Crippen MR) is 165 cm³/mol. The zero-order chi connectivity index (χ0) is 29.6. The van der Waals surface area contributed by atoms with Gasteiger partial charge in [-0.2, -0.15) is 0 Å². The lowest BCUT2D eigenvalue weighted by Gasteiger charge is -2.35. The summed E-state index contributed by atoms with van der Waals surface area (Å²) in [7, 11) is 0. The van der Waals surface area contributed by atoms with Gasteiger partial charge in [0.15, 0.2) is 0 Å². The molecule has 0 aliphatic carbocycles. The van der Waals surface area contributed by atoms with Crippen molar-refractivity contribution < 1.29 is 19.1 Å². The molecule has 0 saturated carbocycles. The first kappa shape index (κ1) is 29.9. The van der Waals surface area contributed by atoms with Gasteiger partial charge in [-0.15, -0.1) is 0 Å². The molecule has 2 aromatic carbocycles. The maximum atomic E-state index is 13.7. The first-order chi connectivity index (χ1) is 20.3. The average molecular weight is 571 g/mol. The zero-order valence-electron chi connectivity index (χ0n) is 25.2. The van der Waals surface area contributed by atoms with E-state index >= 15 is 0 Å². The zero-order valence-corrected chi connectivity index (χ0v) is 25.2. The molecule has 8 nitrogen and oxygen atoms in total. The fraction of sp³-hybridized carbons (Fsp3) is 0.441. The normalized spacial score (nSPS) is 16.3. The molecule has 5 rings (SSSR count). The summed E-state index contributed by atoms with van der Waals surface area (Å²) in [6, 6.07) is 14.6. The lowest BCUT2D eigenvalue weighted by Crippen LogP contribution is -2.43. The first-order valence-corrected chi connectivity index (χ1v) is 14.9. The number of nitrogens with zero attached hydrogens (tertiary/aromatic N) is 3. The predicted octanol–water partition coefficient (Wildman–Crippen LogP) is 4.97. The number of benzene rings is 2. The Kier molecular flexibility index (Phi) is 9.67. The Hall–Kier alpha value is -3.59. The van der Waals surface area contributed by atoms with Crippen molar-refractivity contribution in [1.29, 1.82) is 0 Å². The van der Waals surface area contributed by atoms with Gasteiger partial charge < -0.3 is 19.7 Å². The van der Waals surface area contributed by atoms with Crippen LogP contribution in [0, 0.1) is 20.8 Å². The summed E-state index contributed by atoms with van der Waals surface area (Å²) >= 11 is 0. The molecular weight excluding hydrogens is 528 g/mol. The molecule has 2 amide bonds. The largest absolute Gasteiger partial charge is 0.381 e. The molecule has 42 heavy (non-hydrogen) atoms. The summed E-state index contributed by atoms with van der Waals surface area (Å²) in [6.45, 7) is 13.5. The minimum atomic E-state index is -0.171. The van der Waals surface area contributed by atoms with Gasteiger partial charge in [0.25, 0.3) is 5.91 Å². The number of morpholine rings is 1. The van der Waals surface area contributed by atoms with E-state index in [4.69, 9.17) is 9.47 Å². The molecule has 2 aliphatic heterocycles. The van der Waals surface area contributed by atoms with E-state index in [2.05, 4.69) is 45.5 Å². The Morgan fingerprint density at radius 1 is 0.952 bits per heavy atom. The molecule has 222 valence electrons. The Morgan fingerprint density at radius 2 is 1.64 bits per heavy atom. The monoisotopic (exact) mass is 570 g/mol. The van der Waals surface area contributed by atoms with Crippen LogP contribution in [0.2, 0.25) is 0 Å². The molecule has 2 saturated heterocycles. The highest BCUT2D eigenvalue weighted by atomic mass is 16.5. The minimum Gasteiger partial charge on any atom is -0.381 e. The first-order valence-electron chi connectivity index (χ1n) is 14.9. The van der Waals surface area contributed by atoms with Crippen LogP contribution >= 0.6 is 0 Å². The molecule has 2 fully saturated rings. The molecule has 1 aromatic heterocycles. The number of ether oxygens (including phenoxy) is 2. The van der Waals surface area contributed by atoms with Gasteiger partial charge >= 0.3 is 0 Å². The highest BCUT2D eigenvalue weighted by molar-refractivity contribution is 6.01. The van der Waals surface area contributed by atoms with E-state index in [0.717, 1.165) is 84.9 Å². The molecule has 0 atom stereocenters. The molecule has 3 aromatic rings. The number of nitrogens with one attached hydrogen (secondary N) is 1. The molecule has 0 unspecified atom stereocenters. The van der Waals surface area contributed by atoms with E-state index in [1.807, 2.05) is 44.0 Å². The number of hydrogen-bond acceptors (Lipinski definition) is 6. The number of amides is 2. The number of rotatable bonds is 8. The number of carbonyl (C=O) groups excluding carboxylic acids is 2. The number of carbonyl (C=O) groups is 2. The van der Waals surface area contributed by atoms with E-state index in [9.17, 15) is 9.59 Å². The highest BCUT2D eigenvalue weighted by Crippen LogP contribution is 2.34. The summed E-state index contributed by atoms with van der Waals surface area (Å²) in [6.07, 6.45) is 3.35. The SMILES string of the molecule is CC(=O)N(c1cc(-c2ccc(CN3CCOCC3)cc2)cc(C(=O)NCc2cnc(C)cc2C)c1C)C1CCOCC1. The number of pyridine rings is 1. The summed E-state index contributed by atoms with van der Waals surface area (Å²) in [5, 5.41) is 3.11. The summed E-state index contributed by atoms with van der Waals surface area (Å²) in [5.74, 6) is -0.203. The number of anilines is 1. The summed E-state index contributed by atoms with van der Waals surface area (Å²) in [5.41, 5.74) is 8.30. The fourth-order valence-corrected chi connectivity index (χ4v) is 5.92. The van der Waals surface area contributed by atoms with Crippen LogP contribution in [0.5, 0.6) is 0 Å². The second-order valence-electron chi connectivity index (χ2n) is 11.4. The lowest BCUT2D eigenvalue weighted by molar-refractivity contribution is -0.117. The molecule has 0 radical (unpaired) electrons. The summed E-state index contributed by atoms with van der Waals surface area (Å²) < 4.78 is 11.1. The van der Waals surface area contributed by atoms with E-state index in [1.165, 1.54) is 5.56 Å². The maximum absolute atomic E-state index is 13.7. The third-order valence-corrected chi connectivity index (χ3v) is 8.37. The molecule has 1 N–H and O–H groups in total. The van der Waals surface area contributed by atoms with Crippen LogP contribution in [-0.2, 0) is 27.4 Å². The van der Waals surface area contributed by atoms with E-state index in [-0.39, 0.29) is 17.9 Å². The second-order valence-corrected chi connectivity index (χ2v) is 11.4. The van der Waals surface area contributed by atoms with Gasteiger partial charge in [-0.3, -0.25) is 19.5 Å². The topological polar surface area (TPSA) is 84.0 Å². The molecule has 3 heterocycles. The maximum Gasteiger partial charge on any atom is 0.251 e. The number of hydrogen-bond donors (Lipinski definition) is 1. The van der Waals surface area contributed by atoms with Gasteiger partial charge in [-0.1, -0.05) is 24.3 Å². The van der Waals surface area contributed by atoms with Crippen molar-refractivity contribution in [2.75, 3.05) is 44.4 Å². The molecule has 0 bridgehead atoms. The van der Waals surface area contributed by atoms with Crippen molar-refractivity contribution in [3.05, 3.63) is 82.2 Å². The lowest BCUT2D eigenvalue weighted by atomic mass is 9.94. The van der Waals surface area contributed by atoms with Crippen LogP contribution in [0.4, 0.5) is 5.69 Å². The van der Waals surface area contributed by atoms with Crippen molar-refractivity contribution in [2.45, 2.75) is 59.7 Å². The number of aryl methyl sites for hydroxylation is 2. The average Bonchev–Trinajstić information content (AvgIpc) is 2.99. The Balaban J connectivity index is 1.48. The van der Waals surface area contributed by atoms with Crippen molar-refractivity contribution in [3.63, 3.8) is 0 Å². The van der Waals surface area contributed by atoms with E-state index in [0.29, 0.717) is 25.3 Å². The fourth-order valence-electron chi connectivity index (χ4n) is 5.92. The van der Waals surface area contributed by atoms with Gasteiger partial charge in [0.05, 0.1) is 13.2 Å². The van der Waals surface area contributed by atoms with E-state index < -0.39 is 0 Å². The van der Waals surface area contributed by atoms with Gasteiger partial charge in [-0.25, -0.2) is 0 Å². The molecular formula is C34H42N4O4. The van der Waals surface area contributed by atoms with Gasteiger partial charge in [0, 0.05) is 75.5 Å². The minimum absolute atomic E-state index is 0.0262. The van der Waals surface area contributed by atoms with Crippen LogP contribution in [0.1, 0.15) is 58.1 Å². The van der Waals surface area contributed by atoms with Crippen molar-refractivity contribution in [3.8, 4) is 11.1 Å². The standard InChI is InChI=1S/C34H42N4O4/c1-23-17-24(2)35-20-30(23)21-36-34(40)32-18-29(28-7-5-27(6-8-28)22-37-11-15-42-16-12-37)19-33(25(32)3)38(26(4)39)31-9-13-41-14-10-31/h5-8,17-20,31H,9-16,21-22H2,1-4H3,(H,36,40). The van der Waals surface area contributed by atoms with Gasteiger partial charge in [-0.05, 0) is 85.2 Å². The van der Waals surface area contributed by atoms with E-state index in [1.54, 1.807) is 6.92 Å². The molecule has 0 spiro atoms. The quantitative estimate of drug-likeness (QED) is 0.412. The second kappa shape index (κ2) is 13.6. The van der Waals surface area contributed by atoms with Crippen LogP contribution in [-0.4, -0.2) is 67.3 Å². The third-order valence-electron chi connectivity index (χ3n) is 8.37. The molecule has 2 aliphatic rings. The van der Waals surface area contributed by atoms with Crippen LogP contribution in [0.15, 0.2) is 48.7 Å². The summed E-state index contributed by atoms with van der Waals surface area (Å²) in [4.78, 5) is 35.5. The molecule has 8 heteroatoms. The third kappa shape index (κ3) is 7.06. The van der Waals surface area contributed by atoms with Crippen LogP contribution in [0.25, 0.3) is 11.1 Å². The van der Waals surface area contributed by atoms with Crippen molar-refractivity contribution in [2.24, 2.45) is 0 Å². The van der Waals surface area contributed by atoms with Crippen molar-refractivity contribution in [1.82, 2.24) is 15.2 Å².